The smallest absolute Gasteiger partial charge is 0.657 e. The molecule has 0 fully saturated rings. The van der Waals surface area contributed by atoms with Crippen LogP contribution in [-0.4, -0.2) is 72.6 Å². The van der Waals surface area contributed by atoms with Gasteiger partial charge >= 0.3 is 38.3 Å². The second-order valence-corrected chi connectivity index (χ2v) is 16.9. The molecule has 4 aromatic rings. The van der Waals surface area contributed by atoms with E-state index in [0.29, 0.717) is 89.2 Å². The molecule has 0 saturated heterocycles. The number of aryl methyl sites for hydroxylation is 4. The normalized spacial score (nSPS) is 12.1. The first-order valence-corrected chi connectivity index (χ1v) is 23.6. The summed E-state index contributed by atoms with van der Waals surface area (Å²) >= 11 is 0. The number of amides is 2. The molecule has 0 saturated carbocycles. The van der Waals surface area contributed by atoms with E-state index in [-0.39, 0.29) is 109 Å². The van der Waals surface area contributed by atoms with Gasteiger partial charge in [0.15, 0.2) is 0 Å². The van der Waals surface area contributed by atoms with E-state index >= 15 is 0 Å². The molecule has 2 aliphatic heterocycles. The second-order valence-electron chi connectivity index (χ2n) is 16.9. The average molecular weight is 1030 g/mol. The first-order valence-electron chi connectivity index (χ1n) is 23.6. The van der Waals surface area contributed by atoms with E-state index in [1.807, 2.05) is 76.2 Å². The maximum Gasteiger partial charge on any atom is 2.00 e. The quantitative estimate of drug-likeness (QED) is 0.0317. The van der Waals surface area contributed by atoms with Crippen molar-refractivity contribution in [3.8, 4) is 0 Å². The van der Waals surface area contributed by atoms with Crippen molar-refractivity contribution in [1.82, 2.24) is 30.6 Å². The standard InChI is InChI=1S/C53H65N7O8.Pd/c1-8-66-51(63)20-16-38-32(5)42-27-45-37(15-19-49(61)56-26-24-50(62)55-25-23-35-11-13-36(54)14-12-35)31(4)41(57-45)28-46-39(17-21-52(64)67-9-2)33(6)43(59-46)30-48-40(18-22-53(65)68-10-3)34(7)44(60-48)29-47(38)58-42;/h11-14,27-30H,8-10,15-26,54H2,1-7H3,(H4,55,56,57,58,59,60,61,62);/q;+2/p-2. The third-order valence-electron chi connectivity index (χ3n) is 12.3. The number of carbonyl (C=O) groups is 5. The molecule has 0 atom stereocenters. The Kier molecular flexibility index (Phi) is 19.6. The van der Waals surface area contributed by atoms with Gasteiger partial charge in [-0.25, -0.2) is 9.97 Å². The summed E-state index contributed by atoms with van der Waals surface area (Å²) in [7, 11) is 0. The fraction of sp³-hybridized carbons (Fsp3) is 0.415. The molecule has 368 valence electrons. The monoisotopic (exact) mass is 1030 g/mol. The molecule has 0 unspecified atom stereocenters. The Morgan fingerprint density at radius 3 is 1.39 bits per heavy atom. The van der Waals surface area contributed by atoms with Gasteiger partial charge in [-0.05, 0) is 121 Å². The minimum Gasteiger partial charge on any atom is -0.657 e. The van der Waals surface area contributed by atoms with Crippen LogP contribution < -0.4 is 26.3 Å². The number of hydrogen-bond acceptors (Lipinski definition) is 11. The molecule has 16 heteroatoms. The Balaban J connectivity index is 0.00000888. The van der Waals surface area contributed by atoms with E-state index in [1.54, 1.807) is 20.8 Å². The van der Waals surface area contributed by atoms with Gasteiger partial charge in [-0.2, -0.15) is 0 Å². The summed E-state index contributed by atoms with van der Waals surface area (Å²) in [5.74, 6) is -1.29. The molecule has 0 radical (unpaired) electrons. The van der Waals surface area contributed by atoms with E-state index in [4.69, 9.17) is 39.9 Å². The van der Waals surface area contributed by atoms with Crippen LogP contribution >= 0.6 is 0 Å². The van der Waals surface area contributed by atoms with Gasteiger partial charge in [0.2, 0.25) is 11.8 Å². The number of fused-ring (bicyclic) bond motifs is 8. The van der Waals surface area contributed by atoms with Crippen LogP contribution in [0.4, 0.5) is 5.69 Å². The fourth-order valence-corrected chi connectivity index (χ4v) is 8.47. The van der Waals surface area contributed by atoms with Crippen LogP contribution in [0, 0.1) is 13.8 Å². The SMILES string of the molecule is CCOC(=O)CCC1=C(C)c2cc3[n-]c(cc4nc(cc5[n-]c(cc1n2)c(C)c5CCC(=O)OCC)C(C)=C4CCC(=O)NCCC(=O)NCCc1ccc(N)cc1)c(C)c3CCC(=O)OCC.[Pd+2]. The zero-order valence-corrected chi connectivity index (χ0v) is 42.2. The summed E-state index contributed by atoms with van der Waals surface area (Å²) in [5, 5.41) is 5.81. The van der Waals surface area contributed by atoms with E-state index in [0.717, 1.165) is 50.1 Å². The Morgan fingerprint density at radius 1 is 0.522 bits per heavy atom. The number of ether oxygens (including phenoxy) is 3. The van der Waals surface area contributed by atoms with Crippen LogP contribution in [0.3, 0.4) is 0 Å². The van der Waals surface area contributed by atoms with Gasteiger partial charge in [-0.1, -0.05) is 58.7 Å². The van der Waals surface area contributed by atoms with Gasteiger partial charge in [0, 0.05) is 50.9 Å². The number of nitrogen functional groups attached to an aromatic ring is 1. The van der Waals surface area contributed by atoms with Crippen LogP contribution in [-0.2, 0) is 77.9 Å². The predicted octanol–water partition coefficient (Wildman–Crippen LogP) is 7.61. The zero-order chi connectivity index (χ0) is 48.9. The number of anilines is 1. The number of carbonyl (C=O) groups excluding carboxylic acids is 5. The van der Waals surface area contributed by atoms with E-state index in [1.165, 1.54) is 0 Å². The third-order valence-corrected chi connectivity index (χ3v) is 12.3. The second kappa shape index (κ2) is 25.3. The van der Waals surface area contributed by atoms with Gasteiger partial charge in [-0.3, -0.25) is 24.0 Å². The van der Waals surface area contributed by atoms with E-state index < -0.39 is 0 Å². The molecule has 0 spiro atoms. The van der Waals surface area contributed by atoms with Crippen molar-refractivity contribution >= 4 is 79.8 Å². The van der Waals surface area contributed by atoms with Crippen molar-refractivity contribution in [3.63, 3.8) is 0 Å². The maximum absolute atomic E-state index is 13.3. The molecular formula is C53H63N7O8Pd. The molecule has 4 N–H and O–H groups in total. The number of nitrogens with one attached hydrogen (secondary N) is 2. The summed E-state index contributed by atoms with van der Waals surface area (Å²) in [5.41, 5.74) is 19.6. The Morgan fingerprint density at radius 2 is 0.928 bits per heavy atom. The molecular weight excluding hydrogens is 969 g/mol. The minimum absolute atomic E-state index is 0. The minimum atomic E-state index is -0.314. The molecule has 15 nitrogen and oxygen atoms in total. The number of nitrogens with zero attached hydrogens (tertiary/aromatic N) is 4. The average Bonchev–Trinajstić information content (AvgIpc) is 3.96. The largest absolute Gasteiger partial charge is 2.00 e. The summed E-state index contributed by atoms with van der Waals surface area (Å²) < 4.78 is 15.9. The van der Waals surface area contributed by atoms with E-state index in [9.17, 15) is 24.0 Å². The summed E-state index contributed by atoms with van der Waals surface area (Å²) in [6.45, 7) is 14.7. The molecule has 6 rings (SSSR count). The third kappa shape index (κ3) is 14.1. The molecule has 3 aromatic heterocycles. The first-order chi connectivity index (χ1) is 32.7. The Labute approximate surface area is 417 Å². The summed E-state index contributed by atoms with van der Waals surface area (Å²) in [4.78, 5) is 84.5. The van der Waals surface area contributed by atoms with Crippen molar-refractivity contribution < 1.29 is 58.6 Å². The topological polar surface area (TPSA) is 217 Å². The number of nitrogens with two attached hydrogens (primary N) is 1. The number of rotatable bonds is 21. The molecule has 2 amide bonds. The molecule has 2 aliphatic rings. The van der Waals surface area contributed by atoms with Crippen LogP contribution in [0.5, 0.6) is 0 Å². The molecule has 69 heavy (non-hydrogen) atoms. The number of esters is 3. The molecule has 0 aliphatic carbocycles. The van der Waals surface area contributed by atoms with Gasteiger partial charge in [0.1, 0.15) is 0 Å². The van der Waals surface area contributed by atoms with Crippen molar-refractivity contribution in [2.45, 2.75) is 113 Å². The maximum atomic E-state index is 13.3. The van der Waals surface area contributed by atoms with Gasteiger partial charge in [0.25, 0.3) is 0 Å². The summed E-state index contributed by atoms with van der Waals surface area (Å²) in [6, 6.07) is 15.2. The molecule has 8 bridgehead atoms. The van der Waals surface area contributed by atoms with E-state index in [2.05, 4.69) is 10.6 Å². The van der Waals surface area contributed by atoms with Gasteiger partial charge in [-0.15, -0.1) is 22.1 Å². The van der Waals surface area contributed by atoms with Crippen molar-refractivity contribution in [2.24, 2.45) is 0 Å². The number of aromatic nitrogens is 4. The number of hydrogen-bond donors (Lipinski definition) is 3. The first kappa shape index (κ1) is 53.6. The molecule has 5 heterocycles. The van der Waals surface area contributed by atoms with Crippen LogP contribution in [0.25, 0.3) is 44.4 Å². The van der Waals surface area contributed by atoms with Crippen molar-refractivity contribution in [2.75, 3.05) is 38.6 Å². The Bertz CT molecular complexity index is 2790. The van der Waals surface area contributed by atoms with Gasteiger partial charge in [0.05, 0.1) is 42.6 Å². The number of allylic oxidation sites excluding steroid dienone is 4. The van der Waals surface area contributed by atoms with Crippen LogP contribution in [0.2, 0.25) is 0 Å². The van der Waals surface area contributed by atoms with Crippen molar-refractivity contribution in [1.29, 1.82) is 0 Å². The van der Waals surface area contributed by atoms with Gasteiger partial charge < -0.3 is 40.5 Å². The van der Waals surface area contributed by atoms with Crippen LogP contribution in [0.15, 0.2) is 48.5 Å². The van der Waals surface area contributed by atoms with Crippen LogP contribution in [0.1, 0.15) is 130 Å². The number of benzene rings is 1. The fourth-order valence-electron chi connectivity index (χ4n) is 8.47. The van der Waals surface area contributed by atoms with Crippen molar-refractivity contribution in [3.05, 3.63) is 99.1 Å². The Hall–Kier alpha value is -6.37. The molecule has 1 aromatic carbocycles. The predicted molar refractivity (Wildman–Crippen MR) is 264 cm³/mol. The summed E-state index contributed by atoms with van der Waals surface area (Å²) in [6.07, 6.45) is 2.90. The zero-order valence-electron chi connectivity index (χ0n) is 40.7.